The number of rotatable bonds is 4. The molecule has 2 fully saturated rings. The topological polar surface area (TPSA) is 53.1 Å². The van der Waals surface area contributed by atoms with Crippen molar-refractivity contribution >= 4 is 17.7 Å². The Bertz CT molecular complexity index is 603. The van der Waals surface area contributed by atoms with Gasteiger partial charge in [0.15, 0.2) is 0 Å². The molecular weight excluding hydrogens is 330 g/mol. The molecule has 0 aromatic heterocycles. The SMILES string of the molecule is CCOC(=O)N1CCN(C(=O)Cc2ccc(N3CCCCC3)cc2)CC1. The van der Waals surface area contributed by atoms with Gasteiger partial charge in [-0.2, -0.15) is 0 Å². The smallest absolute Gasteiger partial charge is 0.409 e. The van der Waals surface area contributed by atoms with Crippen LogP contribution < -0.4 is 4.90 Å². The summed E-state index contributed by atoms with van der Waals surface area (Å²) in [6.45, 7) is 6.66. The first kappa shape index (κ1) is 18.5. The van der Waals surface area contributed by atoms with Gasteiger partial charge in [-0.25, -0.2) is 4.79 Å². The van der Waals surface area contributed by atoms with Crippen LogP contribution in [0.4, 0.5) is 10.5 Å². The van der Waals surface area contributed by atoms with Gasteiger partial charge in [-0.3, -0.25) is 4.79 Å². The highest BCUT2D eigenvalue weighted by atomic mass is 16.6. The number of carbonyl (C=O) groups is 2. The molecule has 1 aromatic carbocycles. The Balaban J connectivity index is 1.48. The second kappa shape index (κ2) is 8.92. The minimum Gasteiger partial charge on any atom is -0.450 e. The van der Waals surface area contributed by atoms with Crippen molar-refractivity contribution in [2.24, 2.45) is 0 Å². The van der Waals surface area contributed by atoms with Crippen LogP contribution in [0.3, 0.4) is 0 Å². The van der Waals surface area contributed by atoms with Crippen molar-refractivity contribution in [3.63, 3.8) is 0 Å². The lowest BCUT2D eigenvalue weighted by molar-refractivity contribution is -0.132. The highest BCUT2D eigenvalue weighted by Crippen LogP contribution is 2.20. The van der Waals surface area contributed by atoms with Crippen LogP contribution in [0, 0.1) is 0 Å². The number of amides is 2. The molecule has 0 aliphatic carbocycles. The Morgan fingerprint density at radius 2 is 1.50 bits per heavy atom. The summed E-state index contributed by atoms with van der Waals surface area (Å²) >= 11 is 0. The molecule has 2 heterocycles. The largest absolute Gasteiger partial charge is 0.450 e. The zero-order chi connectivity index (χ0) is 18.4. The van der Waals surface area contributed by atoms with E-state index in [2.05, 4.69) is 29.2 Å². The molecule has 0 saturated carbocycles. The van der Waals surface area contributed by atoms with Gasteiger partial charge in [0.2, 0.25) is 5.91 Å². The molecule has 0 N–H and O–H groups in total. The van der Waals surface area contributed by atoms with Gasteiger partial charge in [0.1, 0.15) is 0 Å². The molecule has 0 atom stereocenters. The Kier molecular flexibility index (Phi) is 6.36. The molecule has 1 aromatic rings. The lowest BCUT2D eigenvalue weighted by Crippen LogP contribution is -2.51. The summed E-state index contributed by atoms with van der Waals surface area (Å²) in [5.41, 5.74) is 2.30. The maximum atomic E-state index is 12.5. The maximum absolute atomic E-state index is 12.5. The first-order valence-corrected chi connectivity index (χ1v) is 9.70. The number of nitrogens with zero attached hydrogens (tertiary/aromatic N) is 3. The molecule has 0 radical (unpaired) electrons. The molecule has 0 unspecified atom stereocenters. The minimum absolute atomic E-state index is 0.124. The fraction of sp³-hybridized carbons (Fsp3) is 0.600. The molecule has 6 heteroatoms. The van der Waals surface area contributed by atoms with Gasteiger partial charge in [0, 0.05) is 45.0 Å². The summed E-state index contributed by atoms with van der Waals surface area (Å²) in [6, 6.07) is 8.40. The predicted octanol–water partition coefficient (Wildman–Crippen LogP) is 2.52. The number of piperidine rings is 1. The molecule has 26 heavy (non-hydrogen) atoms. The van der Waals surface area contributed by atoms with Crippen molar-refractivity contribution in [2.75, 3.05) is 50.8 Å². The number of benzene rings is 1. The monoisotopic (exact) mass is 359 g/mol. The summed E-state index contributed by atoms with van der Waals surface area (Å²) in [5, 5.41) is 0. The summed E-state index contributed by atoms with van der Waals surface area (Å²) < 4.78 is 5.01. The third kappa shape index (κ3) is 4.68. The molecule has 2 saturated heterocycles. The van der Waals surface area contributed by atoms with Crippen LogP contribution in [0.25, 0.3) is 0 Å². The van der Waals surface area contributed by atoms with Gasteiger partial charge in [-0.05, 0) is 43.9 Å². The van der Waals surface area contributed by atoms with Crippen molar-refractivity contribution in [1.29, 1.82) is 0 Å². The molecule has 6 nitrogen and oxygen atoms in total. The highest BCUT2D eigenvalue weighted by molar-refractivity contribution is 5.79. The fourth-order valence-electron chi connectivity index (χ4n) is 3.62. The summed E-state index contributed by atoms with van der Waals surface area (Å²) in [4.78, 5) is 30.2. The van der Waals surface area contributed by atoms with Gasteiger partial charge in [-0.15, -0.1) is 0 Å². The summed E-state index contributed by atoms with van der Waals surface area (Å²) in [7, 11) is 0. The van der Waals surface area contributed by atoms with Crippen molar-refractivity contribution in [3.05, 3.63) is 29.8 Å². The Labute approximate surface area is 155 Å². The molecule has 142 valence electrons. The third-order valence-corrected chi connectivity index (χ3v) is 5.17. The standard InChI is InChI=1S/C20H29N3O3/c1-2-26-20(25)23-14-12-22(13-15-23)19(24)16-17-6-8-18(9-7-17)21-10-4-3-5-11-21/h6-9H,2-5,10-16H2,1H3. The Morgan fingerprint density at radius 1 is 0.885 bits per heavy atom. The third-order valence-electron chi connectivity index (χ3n) is 5.17. The van der Waals surface area contributed by atoms with Crippen molar-refractivity contribution in [2.45, 2.75) is 32.6 Å². The molecule has 0 bridgehead atoms. The number of ether oxygens (including phenoxy) is 1. The van der Waals surface area contributed by atoms with Crippen molar-refractivity contribution < 1.29 is 14.3 Å². The van der Waals surface area contributed by atoms with Gasteiger partial charge >= 0.3 is 6.09 Å². The van der Waals surface area contributed by atoms with Gasteiger partial charge in [0.05, 0.1) is 13.0 Å². The maximum Gasteiger partial charge on any atom is 0.409 e. The van der Waals surface area contributed by atoms with E-state index in [9.17, 15) is 9.59 Å². The number of hydrogen-bond donors (Lipinski definition) is 0. The van der Waals surface area contributed by atoms with Crippen LogP contribution in [-0.2, 0) is 16.0 Å². The van der Waals surface area contributed by atoms with E-state index in [4.69, 9.17) is 4.74 Å². The van der Waals surface area contributed by atoms with Crippen LogP contribution in [-0.4, -0.2) is 67.7 Å². The van der Waals surface area contributed by atoms with Crippen LogP contribution in [0.5, 0.6) is 0 Å². The lowest BCUT2D eigenvalue weighted by Gasteiger charge is -2.34. The van der Waals surface area contributed by atoms with Crippen LogP contribution >= 0.6 is 0 Å². The van der Waals surface area contributed by atoms with E-state index in [1.165, 1.54) is 24.9 Å². The van der Waals surface area contributed by atoms with Crippen LogP contribution in [0.2, 0.25) is 0 Å². The second-order valence-electron chi connectivity index (χ2n) is 6.96. The Hall–Kier alpha value is -2.24. The molecule has 0 spiro atoms. The Morgan fingerprint density at radius 3 is 2.12 bits per heavy atom. The average Bonchev–Trinajstić information content (AvgIpc) is 2.69. The molecule has 3 rings (SSSR count). The molecular formula is C20H29N3O3. The van der Waals surface area contributed by atoms with E-state index in [0.29, 0.717) is 39.2 Å². The zero-order valence-electron chi connectivity index (χ0n) is 15.7. The number of hydrogen-bond acceptors (Lipinski definition) is 4. The minimum atomic E-state index is -0.284. The predicted molar refractivity (Wildman–Crippen MR) is 101 cm³/mol. The second-order valence-corrected chi connectivity index (χ2v) is 6.96. The van der Waals surface area contributed by atoms with E-state index in [-0.39, 0.29) is 12.0 Å². The fourth-order valence-corrected chi connectivity index (χ4v) is 3.62. The summed E-state index contributed by atoms with van der Waals surface area (Å²) in [6.07, 6.45) is 3.98. The number of piperazine rings is 1. The average molecular weight is 359 g/mol. The van der Waals surface area contributed by atoms with Crippen LogP contribution in [0.1, 0.15) is 31.7 Å². The van der Waals surface area contributed by atoms with Crippen molar-refractivity contribution in [3.8, 4) is 0 Å². The molecule has 2 amide bonds. The van der Waals surface area contributed by atoms with E-state index in [1.54, 1.807) is 11.8 Å². The molecule has 2 aliphatic rings. The first-order chi connectivity index (χ1) is 12.7. The zero-order valence-corrected chi connectivity index (χ0v) is 15.7. The van der Waals surface area contributed by atoms with E-state index in [1.807, 2.05) is 4.90 Å². The van der Waals surface area contributed by atoms with E-state index >= 15 is 0 Å². The summed E-state index contributed by atoms with van der Waals surface area (Å²) in [5.74, 6) is 0.124. The van der Waals surface area contributed by atoms with Crippen LogP contribution in [0.15, 0.2) is 24.3 Å². The van der Waals surface area contributed by atoms with Gasteiger partial charge in [0.25, 0.3) is 0 Å². The van der Waals surface area contributed by atoms with Crippen molar-refractivity contribution in [1.82, 2.24) is 9.80 Å². The number of carbonyl (C=O) groups excluding carboxylic acids is 2. The van der Waals surface area contributed by atoms with Gasteiger partial charge < -0.3 is 19.4 Å². The highest BCUT2D eigenvalue weighted by Gasteiger charge is 2.24. The quantitative estimate of drug-likeness (QED) is 0.829. The number of anilines is 1. The van der Waals surface area contributed by atoms with Gasteiger partial charge in [-0.1, -0.05) is 12.1 Å². The lowest BCUT2D eigenvalue weighted by atomic mass is 10.1. The normalized spacial score (nSPS) is 18.0. The first-order valence-electron chi connectivity index (χ1n) is 9.70. The van der Waals surface area contributed by atoms with E-state index < -0.39 is 0 Å². The molecule has 2 aliphatic heterocycles. The van der Waals surface area contributed by atoms with E-state index in [0.717, 1.165) is 18.7 Å².